The summed E-state index contributed by atoms with van der Waals surface area (Å²) in [4.78, 5) is 0.216. The van der Waals surface area contributed by atoms with Crippen molar-refractivity contribution in [2.24, 2.45) is 0 Å². The molecule has 3 aromatic rings. The van der Waals surface area contributed by atoms with Crippen molar-refractivity contribution in [1.82, 2.24) is 4.31 Å². The van der Waals surface area contributed by atoms with Gasteiger partial charge in [-0.15, -0.1) is 0 Å². The molecule has 0 aromatic heterocycles. The molecule has 1 N–H and O–H groups in total. The Morgan fingerprint density at radius 1 is 1.09 bits per heavy atom. The second-order valence-electron chi connectivity index (χ2n) is 8.66. The minimum atomic E-state index is -3.71. The number of rotatable bonds is 7. The zero-order valence-electron chi connectivity index (χ0n) is 18.4. The lowest BCUT2D eigenvalue weighted by Gasteiger charge is -2.17. The van der Waals surface area contributed by atoms with Gasteiger partial charge in [0, 0.05) is 29.7 Å². The van der Waals surface area contributed by atoms with Crippen LogP contribution in [-0.4, -0.2) is 25.4 Å². The second-order valence-corrected chi connectivity index (χ2v) is 11.0. The van der Waals surface area contributed by atoms with E-state index >= 15 is 0 Å². The number of nitrogens with zero attached hydrogens (tertiary/aromatic N) is 1. The Morgan fingerprint density at radius 2 is 1.82 bits per heavy atom. The minimum absolute atomic E-state index is 0.0579. The number of hydrogen-bond donors (Lipinski definition) is 1. The summed E-state index contributed by atoms with van der Waals surface area (Å²) in [5.41, 5.74) is 3.98. The molecule has 1 saturated carbocycles. The molecular formula is C25H23ClF2N2O3S. The average molecular weight is 505 g/mol. The molecule has 178 valence electrons. The molecule has 0 spiro atoms. The Hall–Kier alpha value is -2.68. The van der Waals surface area contributed by atoms with Crippen molar-refractivity contribution >= 4 is 27.3 Å². The van der Waals surface area contributed by atoms with E-state index in [0.29, 0.717) is 27.4 Å². The molecule has 1 fully saturated rings. The summed E-state index contributed by atoms with van der Waals surface area (Å²) in [6.07, 6.45) is 1.96. The smallest absolute Gasteiger partial charge is 0.387 e. The van der Waals surface area contributed by atoms with E-state index in [4.69, 9.17) is 16.3 Å². The van der Waals surface area contributed by atoms with Crippen LogP contribution in [0.3, 0.4) is 0 Å². The van der Waals surface area contributed by atoms with Crippen LogP contribution >= 0.6 is 11.6 Å². The fraction of sp³-hybridized carbons (Fsp3) is 0.280. The summed E-state index contributed by atoms with van der Waals surface area (Å²) in [6.45, 7) is -0.802. The third kappa shape index (κ3) is 4.50. The highest BCUT2D eigenvalue weighted by molar-refractivity contribution is 7.89. The van der Waals surface area contributed by atoms with Crippen molar-refractivity contribution in [2.45, 2.75) is 50.4 Å². The van der Waals surface area contributed by atoms with Crippen LogP contribution in [-0.2, 0) is 23.1 Å². The number of hydrogen-bond acceptors (Lipinski definition) is 4. The van der Waals surface area contributed by atoms with Crippen molar-refractivity contribution in [3.8, 4) is 16.9 Å². The van der Waals surface area contributed by atoms with Crippen LogP contribution in [0.15, 0.2) is 59.5 Å². The van der Waals surface area contributed by atoms with Crippen molar-refractivity contribution in [2.75, 3.05) is 5.32 Å². The number of halogens is 3. The van der Waals surface area contributed by atoms with Crippen LogP contribution in [0.4, 0.5) is 14.5 Å². The van der Waals surface area contributed by atoms with Gasteiger partial charge in [0.2, 0.25) is 10.0 Å². The lowest BCUT2D eigenvalue weighted by molar-refractivity contribution is -0.0489. The molecule has 0 radical (unpaired) electrons. The first kappa shape index (κ1) is 23.1. The Bertz CT molecular complexity index is 1340. The Kier molecular flexibility index (Phi) is 6.00. The van der Waals surface area contributed by atoms with Crippen LogP contribution in [0, 0.1) is 6.92 Å². The molecule has 5 rings (SSSR count). The first-order valence-corrected chi connectivity index (χ1v) is 12.8. The summed E-state index contributed by atoms with van der Waals surface area (Å²) in [5.74, 6) is 0.0579. The number of benzene rings is 3. The van der Waals surface area contributed by atoms with Crippen molar-refractivity contribution < 1.29 is 21.9 Å². The normalized spacial score (nSPS) is 16.0. The molecule has 0 saturated heterocycles. The maximum atomic E-state index is 13.3. The molecule has 5 nitrogen and oxygen atoms in total. The van der Waals surface area contributed by atoms with E-state index in [9.17, 15) is 17.2 Å². The lowest BCUT2D eigenvalue weighted by Crippen LogP contribution is -2.25. The number of nitrogens with one attached hydrogen (secondary N) is 1. The van der Waals surface area contributed by atoms with Crippen molar-refractivity contribution in [1.29, 1.82) is 0 Å². The highest BCUT2D eigenvalue weighted by Gasteiger charge is 2.33. The van der Waals surface area contributed by atoms with E-state index in [1.807, 2.05) is 6.92 Å². The maximum Gasteiger partial charge on any atom is 0.387 e. The summed E-state index contributed by atoms with van der Waals surface area (Å²) >= 11 is 6.57. The number of sulfonamides is 1. The van der Waals surface area contributed by atoms with Gasteiger partial charge in [-0.3, -0.25) is 0 Å². The van der Waals surface area contributed by atoms with Gasteiger partial charge in [0.25, 0.3) is 0 Å². The highest BCUT2D eigenvalue weighted by atomic mass is 35.5. The SMILES string of the molecule is Cc1ccc(S(=O)(=O)N2Cc3cc(-c4cccc(NC5CC5)c4OC(F)F)cc(Cl)c3C2)cc1. The van der Waals surface area contributed by atoms with Crippen LogP contribution in [0.25, 0.3) is 11.1 Å². The molecule has 0 unspecified atom stereocenters. The zero-order chi connectivity index (χ0) is 24.0. The molecule has 34 heavy (non-hydrogen) atoms. The average Bonchev–Trinajstić information content (AvgIpc) is 3.49. The van der Waals surface area contributed by atoms with E-state index in [1.165, 1.54) is 4.31 Å². The third-order valence-corrected chi connectivity index (χ3v) is 8.24. The van der Waals surface area contributed by atoms with Gasteiger partial charge in [-0.2, -0.15) is 13.1 Å². The molecule has 9 heteroatoms. The van der Waals surface area contributed by atoms with Crippen molar-refractivity contribution in [3.63, 3.8) is 0 Å². The lowest BCUT2D eigenvalue weighted by atomic mass is 9.99. The van der Waals surface area contributed by atoms with E-state index < -0.39 is 16.6 Å². The van der Waals surface area contributed by atoms with Gasteiger partial charge in [0.05, 0.1) is 10.6 Å². The minimum Gasteiger partial charge on any atom is -0.432 e. The Balaban J connectivity index is 1.50. The van der Waals surface area contributed by atoms with Gasteiger partial charge in [-0.05, 0) is 66.8 Å². The predicted molar refractivity (Wildman–Crippen MR) is 128 cm³/mol. The highest BCUT2D eigenvalue weighted by Crippen LogP contribution is 2.43. The van der Waals surface area contributed by atoms with Crippen LogP contribution in [0.2, 0.25) is 5.02 Å². The first-order chi connectivity index (χ1) is 16.2. The fourth-order valence-electron chi connectivity index (χ4n) is 4.16. The topological polar surface area (TPSA) is 58.6 Å². The Morgan fingerprint density at radius 3 is 2.50 bits per heavy atom. The summed E-state index contributed by atoms with van der Waals surface area (Å²) in [5, 5.41) is 3.62. The van der Waals surface area contributed by atoms with Gasteiger partial charge in [0.15, 0.2) is 5.75 Å². The molecular weight excluding hydrogens is 482 g/mol. The molecule has 1 aliphatic carbocycles. The number of ether oxygens (including phenoxy) is 1. The van der Waals surface area contributed by atoms with Gasteiger partial charge in [0.1, 0.15) is 0 Å². The van der Waals surface area contributed by atoms with Gasteiger partial charge < -0.3 is 10.1 Å². The maximum absolute atomic E-state index is 13.3. The van der Waals surface area contributed by atoms with Gasteiger partial charge in [-0.1, -0.05) is 41.4 Å². The molecule has 3 aromatic carbocycles. The largest absolute Gasteiger partial charge is 0.432 e. The number of para-hydroxylation sites is 1. The van der Waals surface area contributed by atoms with Crippen LogP contribution in [0.1, 0.15) is 29.5 Å². The van der Waals surface area contributed by atoms with Gasteiger partial charge >= 0.3 is 6.61 Å². The van der Waals surface area contributed by atoms with E-state index in [-0.39, 0.29) is 29.8 Å². The molecule has 0 bridgehead atoms. The fourth-order valence-corrected chi connectivity index (χ4v) is 5.85. The zero-order valence-corrected chi connectivity index (χ0v) is 20.0. The number of aryl methyl sites for hydroxylation is 1. The molecule has 2 aliphatic rings. The number of alkyl halides is 2. The van der Waals surface area contributed by atoms with E-state index in [0.717, 1.165) is 24.0 Å². The summed E-state index contributed by atoms with van der Waals surface area (Å²) < 4.78 is 59.2. The van der Waals surface area contributed by atoms with Gasteiger partial charge in [-0.25, -0.2) is 8.42 Å². The van der Waals surface area contributed by atoms with Crippen LogP contribution in [0.5, 0.6) is 5.75 Å². The summed E-state index contributed by atoms with van der Waals surface area (Å²) in [7, 11) is -3.71. The molecule has 1 aliphatic heterocycles. The molecule has 0 amide bonds. The van der Waals surface area contributed by atoms with Crippen molar-refractivity contribution in [3.05, 3.63) is 76.3 Å². The summed E-state index contributed by atoms with van der Waals surface area (Å²) in [6, 6.07) is 15.6. The predicted octanol–water partition coefficient (Wildman–Crippen LogP) is 6.20. The second kappa shape index (κ2) is 8.83. The molecule has 1 heterocycles. The van der Waals surface area contributed by atoms with E-state index in [1.54, 1.807) is 54.6 Å². The van der Waals surface area contributed by atoms with E-state index in [2.05, 4.69) is 5.32 Å². The monoisotopic (exact) mass is 504 g/mol. The third-order valence-electron chi connectivity index (χ3n) is 6.10. The number of anilines is 1. The van der Waals surface area contributed by atoms with Crippen LogP contribution < -0.4 is 10.1 Å². The first-order valence-electron chi connectivity index (χ1n) is 11.0. The standard InChI is InChI=1S/C25H23ClF2N2O3S/c1-15-5-9-19(10-6-15)34(31,32)30-13-17-11-16(12-22(26)21(17)14-30)20-3-2-4-23(29-18-7-8-18)24(20)33-25(27)28/h2-6,9-12,18,25,29H,7-8,13-14H2,1H3. The Labute approximate surface area is 202 Å². The quantitative estimate of drug-likeness (QED) is 0.416. The number of fused-ring (bicyclic) bond motifs is 1. The molecule has 0 atom stereocenters.